The number of phenols is 1. The summed E-state index contributed by atoms with van der Waals surface area (Å²) in [6.45, 7) is 0.355. The van der Waals surface area contributed by atoms with E-state index in [9.17, 15) is 23.1 Å². The lowest BCUT2D eigenvalue weighted by Crippen LogP contribution is -2.28. The average molecular weight is 491 g/mol. The van der Waals surface area contributed by atoms with Crippen LogP contribution in [0.4, 0.5) is 18.9 Å². The van der Waals surface area contributed by atoms with Gasteiger partial charge in [-0.1, -0.05) is 0 Å². The summed E-state index contributed by atoms with van der Waals surface area (Å²) in [6, 6.07) is 8.08. The Balaban J connectivity index is 1.63. The summed E-state index contributed by atoms with van der Waals surface area (Å²) in [6.07, 6.45) is -4.65. The van der Waals surface area contributed by atoms with E-state index in [1.807, 2.05) is 0 Å². The number of nitrogens with zero attached hydrogens (tertiary/aromatic N) is 1. The quantitative estimate of drug-likeness (QED) is 0.563. The second kappa shape index (κ2) is 8.33. The molecule has 5 rings (SSSR count). The zero-order chi connectivity index (χ0) is 24.9. The Hall–Kier alpha value is -4.02. The maximum absolute atomic E-state index is 13.7. The number of carbonyl (C=O) groups is 1. The molecule has 0 bridgehead atoms. The van der Waals surface area contributed by atoms with Crippen molar-refractivity contribution in [1.29, 1.82) is 0 Å². The maximum Gasteiger partial charge on any atom is 0.449 e. The summed E-state index contributed by atoms with van der Waals surface area (Å²) in [4.78, 5) is 15.0. The summed E-state index contributed by atoms with van der Waals surface area (Å²) in [5, 5.41) is 10.8. The molecule has 1 aromatic heterocycles. The molecule has 8 nitrogen and oxygen atoms in total. The Bertz CT molecular complexity index is 1300. The number of methoxy groups -OCH3 is 2. The number of amides is 1. The molecular weight excluding hydrogens is 471 g/mol. The van der Waals surface area contributed by atoms with Crippen molar-refractivity contribution in [2.45, 2.75) is 18.6 Å². The number of rotatable bonds is 5. The first kappa shape index (κ1) is 22.8. The molecule has 0 fully saturated rings. The number of fused-ring (bicyclic) bond motifs is 2. The Kier molecular flexibility index (Phi) is 5.42. The number of benzene rings is 2. The number of hydrogen-bond donors (Lipinski definition) is 1. The normalized spacial score (nSPS) is 16.9. The molecule has 1 atom stereocenters. The summed E-state index contributed by atoms with van der Waals surface area (Å²) in [5.74, 6) is -1.66. The number of anilines is 1. The van der Waals surface area contributed by atoms with Crippen LogP contribution in [-0.2, 0) is 17.5 Å². The van der Waals surface area contributed by atoms with Gasteiger partial charge in [0.15, 0.2) is 23.0 Å². The molecule has 0 saturated heterocycles. The van der Waals surface area contributed by atoms with Crippen LogP contribution in [-0.4, -0.2) is 38.4 Å². The van der Waals surface area contributed by atoms with Gasteiger partial charge in [-0.05, 0) is 30.3 Å². The van der Waals surface area contributed by atoms with Crippen LogP contribution in [0.1, 0.15) is 28.6 Å². The highest BCUT2D eigenvalue weighted by Crippen LogP contribution is 2.53. The monoisotopic (exact) mass is 491 g/mol. The van der Waals surface area contributed by atoms with Gasteiger partial charge in [0.05, 0.1) is 32.4 Å². The molecule has 0 aliphatic carbocycles. The zero-order valence-electron chi connectivity index (χ0n) is 18.6. The van der Waals surface area contributed by atoms with E-state index in [4.69, 9.17) is 23.4 Å². The van der Waals surface area contributed by atoms with Gasteiger partial charge < -0.3 is 33.4 Å². The molecule has 0 saturated carbocycles. The van der Waals surface area contributed by atoms with Gasteiger partial charge in [0.2, 0.25) is 11.7 Å². The van der Waals surface area contributed by atoms with Crippen molar-refractivity contribution < 1.29 is 46.4 Å². The molecule has 0 radical (unpaired) electrons. The number of carbonyl (C=O) groups excluding carboxylic acids is 1. The van der Waals surface area contributed by atoms with Crippen LogP contribution in [0.15, 0.2) is 40.8 Å². The van der Waals surface area contributed by atoms with Crippen molar-refractivity contribution in [2.75, 3.05) is 32.3 Å². The third kappa shape index (κ3) is 3.76. The fraction of sp³-hybridized carbons (Fsp3) is 0.292. The number of aromatic hydroxyl groups is 1. The van der Waals surface area contributed by atoms with Crippen molar-refractivity contribution in [2.24, 2.45) is 0 Å². The van der Waals surface area contributed by atoms with Crippen molar-refractivity contribution in [3.05, 3.63) is 59.0 Å². The fourth-order valence-corrected chi connectivity index (χ4v) is 4.40. The molecule has 2 aliphatic heterocycles. The standard InChI is InChI=1S/C24H20F3NO7/c1-31-16-5-4-14-21(22(16)32-2)20(13-9-17-18(10-15(13)29)34-8-7-33-17)23(30)28(14)11-12-3-6-19(35-12)24(25,26)27/h3-6,9-10,20,29H,7-8,11H2,1-2H3. The first-order valence-electron chi connectivity index (χ1n) is 10.6. The second-order valence-electron chi connectivity index (χ2n) is 7.91. The Labute approximate surface area is 197 Å². The summed E-state index contributed by atoms with van der Waals surface area (Å²) in [7, 11) is 2.85. The molecule has 0 spiro atoms. The van der Waals surface area contributed by atoms with E-state index >= 15 is 0 Å². The van der Waals surface area contributed by atoms with Crippen molar-refractivity contribution in [3.63, 3.8) is 0 Å². The van der Waals surface area contributed by atoms with Gasteiger partial charge in [0.1, 0.15) is 24.7 Å². The first-order valence-corrected chi connectivity index (χ1v) is 10.6. The maximum atomic E-state index is 13.7. The van der Waals surface area contributed by atoms with Crippen LogP contribution < -0.4 is 23.8 Å². The predicted octanol–water partition coefficient (Wildman–Crippen LogP) is 4.47. The minimum Gasteiger partial charge on any atom is -0.507 e. The Morgan fingerprint density at radius 3 is 2.40 bits per heavy atom. The van der Waals surface area contributed by atoms with E-state index in [-0.39, 0.29) is 29.4 Å². The van der Waals surface area contributed by atoms with Gasteiger partial charge in [-0.15, -0.1) is 0 Å². The highest BCUT2D eigenvalue weighted by Gasteiger charge is 2.44. The van der Waals surface area contributed by atoms with Crippen LogP contribution in [0.2, 0.25) is 0 Å². The van der Waals surface area contributed by atoms with Gasteiger partial charge in [-0.3, -0.25) is 4.79 Å². The zero-order valence-corrected chi connectivity index (χ0v) is 18.6. The van der Waals surface area contributed by atoms with Gasteiger partial charge in [0, 0.05) is 17.2 Å². The predicted molar refractivity (Wildman–Crippen MR) is 115 cm³/mol. The number of phenolic OH excluding ortho intramolecular Hbond substituents is 1. The SMILES string of the molecule is COc1ccc2c(c1OC)C(c1cc3c(cc1O)OCCO3)C(=O)N2Cc1ccc(C(F)(F)F)o1. The van der Waals surface area contributed by atoms with Crippen LogP contribution in [0, 0.1) is 0 Å². The van der Waals surface area contributed by atoms with Gasteiger partial charge in [-0.2, -0.15) is 13.2 Å². The minimum absolute atomic E-state index is 0.0570. The average Bonchev–Trinajstić information content (AvgIpc) is 3.41. The lowest BCUT2D eigenvalue weighted by molar-refractivity contribution is -0.153. The molecular formula is C24H20F3NO7. The summed E-state index contributed by atoms with van der Waals surface area (Å²) < 4.78 is 66.1. The molecule has 2 aromatic carbocycles. The highest BCUT2D eigenvalue weighted by atomic mass is 19.4. The Morgan fingerprint density at radius 2 is 1.77 bits per heavy atom. The number of alkyl halides is 3. The lowest BCUT2D eigenvalue weighted by atomic mass is 9.90. The Morgan fingerprint density at radius 1 is 1.06 bits per heavy atom. The summed E-state index contributed by atoms with van der Waals surface area (Å²) >= 11 is 0. The van der Waals surface area contributed by atoms with Crippen LogP contribution >= 0.6 is 0 Å². The third-order valence-corrected chi connectivity index (χ3v) is 5.91. The van der Waals surface area contributed by atoms with E-state index in [1.54, 1.807) is 12.1 Å². The van der Waals surface area contributed by atoms with Crippen molar-refractivity contribution in [1.82, 2.24) is 0 Å². The minimum atomic E-state index is -4.65. The fourth-order valence-electron chi connectivity index (χ4n) is 4.40. The summed E-state index contributed by atoms with van der Waals surface area (Å²) in [5.41, 5.74) is 1.01. The van der Waals surface area contributed by atoms with Crippen LogP contribution in [0.5, 0.6) is 28.7 Å². The van der Waals surface area contributed by atoms with E-state index in [0.717, 1.165) is 6.07 Å². The molecule has 1 amide bonds. The van der Waals surface area contributed by atoms with E-state index in [1.165, 1.54) is 37.3 Å². The number of ether oxygens (including phenoxy) is 4. The smallest absolute Gasteiger partial charge is 0.449 e. The molecule has 1 N–H and O–H groups in total. The van der Waals surface area contributed by atoms with Gasteiger partial charge >= 0.3 is 6.18 Å². The van der Waals surface area contributed by atoms with Crippen molar-refractivity contribution >= 4 is 11.6 Å². The number of hydrogen-bond acceptors (Lipinski definition) is 7. The third-order valence-electron chi connectivity index (χ3n) is 5.91. The lowest BCUT2D eigenvalue weighted by Gasteiger charge is -2.22. The van der Waals surface area contributed by atoms with E-state index in [2.05, 4.69) is 0 Å². The van der Waals surface area contributed by atoms with E-state index < -0.39 is 23.8 Å². The molecule has 184 valence electrons. The molecule has 1 unspecified atom stereocenters. The molecule has 3 aromatic rings. The topological polar surface area (TPSA) is 90.6 Å². The van der Waals surface area contributed by atoms with Gasteiger partial charge in [-0.25, -0.2) is 0 Å². The van der Waals surface area contributed by atoms with Crippen molar-refractivity contribution in [3.8, 4) is 28.7 Å². The molecule has 2 aliphatic rings. The first-order chi connectivity index (χ1) is 16.7. The van der Waals surface area contributed by atoms with Gasteiger partial charge in [0.25, 0.3) is 0 Å². The largest absolute Gasteiger partial charge is 0.507 e. The second-order valence-corrected chi connectivity index (χ2v) is 7.91. The molecule has 3 heterocycles. The highest BCUT2D eigenvalue weighted by molar-refractivity contribution is 6.08. The van der Waals surface area contributed by atoms with Crippen LogP contribution in [0.25, 0.3) is 0 Å². The number of halogens is 3. The molecule has 11 heteroatoms. The van der Waals surface area contributed by atoms with E-state index in [0.29, 0.717) is 41.7 Å². The van der Waals surface area contributed by atoms with Crippen LogP contribution in [0.3, 0.4) is 0 Å². The number of furan rings is 1. The molecule has 35 heavy (non-hydrogen) atoms.